The van der Waals surface area contributed by atoms with Crippen molar-refractivity contribution in [2.24, 2.45) is 0 Å². The van der Waals surface area contributed by atoms with Crippen molar-refractivity contribution in [3.05, 3.63) is 37.1 Å². The molecule has 0 N–H and O–H groups in total. The number of ether oxygens (including phenoxy) is 1. The van der Waals surface area contributed by atoms with Crippen molar-refractivity contribution >= 4 is 5.91 Å². The molecule has 0 rings (SSSR count). The van der Waals surface area contributed by atoms with Crippen LogP contribution in [0.25, 0.3) is 0 Å². The monoisotopic (exact) mass is 181 g/mol. The van der Waals surface area contributed by atoms with Gasteiger partial charge in [0.25, 0.3) is 5.91 Å². The Morgan fingerprint density at radius 3 is 2.69 bits per heavy atom. The fourth-order valence-corrected chi connectivity index (χ4v) is 0.671. The van der Waals surface area contributed by atoms with Gasteiger partial charge in [-0.05, 0) is 6.08 Å². The molecule has 3 nitrogen and oxygen atoms in total. The first kappa shape index (κ1) is 11.6. The van der Waals surface area contributed by atoms with Gasteiger partial charge in [-0.2, -0.15) is 0 Å². The number of hydrogen-bond acceptors (Lipinski definition) is 2. The van der Waals surface area contributed by atoms with Crippen LogP contribution in [0.3, 0.4) is 0 Å². The number of hydrogen-bond donors (Lipinski definition) is 0. The summed E-state index contributed by atoms with van der Waals surface area (Å²) in [5.74, 6) is -0.124. The highest BCUT2D eigenvalue weighted by Gasteiger charge is 2.08. The van der Waals surface area contributed by atoms with Crippen LogP contribution < -0.4 is 0 Å². The lowest BCUT2D eigenvalue weighted by molar-refractivity contribution is -0.131. The summed E-state index contributed by atoms with van der Waals surface area (Å²) in [4.78, 5) is 12.7. The topological polar surface area (TPSA) is 29.5 Å². The van der Waals surface area contributed by atoms with E-state index in [4.69, 9.17) is 4.74 Å². The van der Waals surface area contributed by atoms with E-state index in [1.54, 1.807) is 25.3 Å². The molecule has 0 saturated carbocycles. The van der Waals surface area contributed by atoms with Gasteiger partial charge in [-0.3, -0.25) is 4.79 Å². The molecule has 0 unspecified atom stereocenters. The summed E-state index contributed by atoms with van der Waals surface area (Å²) in [6, 6.07) is 0. The second kappa shape index (κ2) is 6.20. The third-order valence-corrected chi connectivity index (χ3v) is 1.50. The maximum Gasteiger partial charge on any atom is 0.252 e. The molecule has 0 atom stereocenters. The van der Waals surface area contributed by atoms with E-state index < -0.39 is 0 Å². The van der Waals surface area contributed by atoms with Crippen LogP contribution >= 0.6 is 0 Å². The molecule has 0 fully saturated rings. The van der Waals surface area contributed by atoms with Crippen LogP contribution in [-0.2, 0) is 9.53 Å². The normalized spacial score (nSPS) is 10.0. The van der Waals surface area contributed by atoms with Gasteiger partial charge in [0.2, 0.25) is 0 Å². The first-order valence-corrected chi connectivity index (χ1v) is 3.87. The highest BCUT2D eigenvalue weighted by Crippen LogP contribution is 2.00. The van der Waals surface area contributed by atoms with Crippen molar-refractivity contribution in [2.45, 2.75) is 0 Å². The minimum Gasteiger partial charge on any atom is -0.375 e. The van der Waals surface area contributed by atoms with Crippen molar-refractivity contribution in [2.75, 3.05) is 20.8 Å². The van der Waals surface area contributed by atoms with E-state index in [0.717, 1.165) is 0 Å². The van der Waals surface area contributed by atoms with Gasteiger partial charge in [0.1, 0.15) is 6.61 Å². The van der Waals surface area contributed by atoms with Crippen molar-refractivity contribution in [1.82, 2.24) is 4.90 Å². The number of nitrogens with zero attached hydrogens (tertiary/aromatic N) is 1. The number of carbonyl (C=O) groups excluding carboxylic acids is 1. The second-order valence-electron chi connectivity index (χ2n) is 2.47. The molecule has 0 spiro atoms. The average Bonchev–Trinajstić information content (AvgIpc) is 2.13. The lowest BCUT2D eigenvalue weighted by atomic mass is 10.3. The summed E-state index contributed by atoms with van der Waals surface area (Å²) >= 11 is 0. The molecule has 1 amide bonds. The quantitative estimate of drug-likeness (QED) is 0.599. The van der Waals surface area contributed by atoms with E-state index in [2.05, 4.69) is 13.2 Å². The van der Waals surface area contributed by atoms with Gasteiger partial charge in [-0.25, -0.2) is 0 Å². The van der Waals surface area contributed by atoms with Gasteiger partial charge in [0.15, 0.2) is 0 Å². The highest BCUT2D eigenvalue weighted by atomic mass is 16.5. The van der Waals surface area contributed by atoms with Crippen LogP contribution in [0.15, 0.2) is 37.1 Å². The van der Waals surface area contributed by atoms with Gasteiger partial charge in [0, 0.05) is 19.9 Å². The lowest BCUT2D eigenvalue weighted by Crippen LogP contribution is -2.28. The Bertz CT molecular complexity index is 231. The molecule has 0 aliphatic heterocycles. The molecule has 0 radical (unpaired) electrons. The van der Waals surface area contributed by atoms with E-state index in [-0.39, 0.29) is 12.5 Å². The molecular formula is C10H15NO2. The third-order valence-electron chi connectivity index (χ3n) is 1.50. The molecule has 0 saturated heterocycles. The van der Waals surface area contributed by atoms with Crippen LogP contribution in [0, 0.1) is 0 Å². The smallest absolute Gasteiger partial charge is 0.252 e. The van der Waals surface area contributed by atoms with Gasteiger partial charge in [-0.1, -0.05) is 25.3 Å². The molecule has 0 aromatic carbocycles. The maximum absolute atomic E-state index is 11.2. The number of likely N-dealkylation sites (N-methyl/N-ethyl adjacent to an activating group) is 1. The highest BCUT2D eigenvalue weighted by molar-refractivity contribution is 5.79. The summed E-state index contributed by atoms with van der Waals surface area (Å²) < 4.78 is 4.70. The Morgan fingerprint density at radius 2 is 2.23 bits per heavy atom. The van der Waals surface area contributed by atoms with Gasteiger partial charge < -0.3 is 9.64 Å². The molecule has 0 bridgehead atoms. The first-order chi connectivity index (χ1) is 6.13. The fourth-order valence-electron chi connectivity index (χ4n) is 0.671. The zero-order valence-electron chi connectivity index (χ0n) is 8.12. The van der Waals surface area contributed by atoms with E-state index >= 15 is 0 Å². The predicted octanol–water partition coefficient (Wildman–Crippen LogP) is 1.35. The number of allylic oxidation sites excluding steroid dienone is 3. The van der Waals surface area contributed by atoms with E-state index in [0.29, 0.717) is 5.70 Å². The van der Waals surface area contributed by atoms with Gasteiger partial charge in [0.05, 0.1) is 0 Å². The van der Waals surface area contributed by atoms with Gasteiger partial charge >= 0.3 is 0 Å². The number of methoxy groups -OCH3 is 1. The van der Waals surface area contributed by atoms with Crippen LogP contribution in [0.5, 0.6) is 0 Å². The molecule has 3 heteroatoms. The van der Waals surface area contributed by atoms with E-state index in [9.17, 15) is 4.79 Å². The average molecular weight is 181 g/mol. The minimum absolute atomic E-state index is 0.0669. The Hall–Kier alpha value is -1.35. The Labute approximate surface area is 79.0 Å². The number of rotatable bonds is 5. The van der Waals surface area contributed by atoms with Crippen molar-refractivity contribution < 1.29 is 9.53 Å². The Kier molecular flexibility index (Phi) is 5.55. The van der Waals surface area contributed by atoms with Crippen molar-refractivity contribution in [1.29, 1.82) is 0 Å². The summed E-state index contributed by atoms with van der Waals surface area (Å²) in [7, 11) is 3.13. The zero-order chi connectivity index (χ0) is 10.3. The van der Waals surface area contributed by atoms with Crippen molar-refractivity contribution in [3.8, 4) is 0 Å². The zero-order valence-corrected chi connectivity index (χ0v) is 8.12. The molecule has 0 aliphatic rings. The Morgan fingerprint density at radius 1 is 1.62 bits per heavy atom. The molecule has 0 aromatic heterocycles. The molecule has 0 heterocycles. The fraction of sp³-hybridized carbons (Fsp3) is 0.300. The van der Waals surface area contributed by atoms with Crippen molar-refractivity contribution in [3.63, 3.8) is 0 Å². The molecular weight excluding hydrogens is 166 g/mol. The van der Waals surface area contributed by atoms with Crippen LogP contribution in [-0.4, -0.2) is 31.6 Å². The van der Waals surface area contributed by atoms with Crippen LogP contribution in [0.2, 0.25) is 0 Å². The first-order valence-electron chi connectivity index (χ1n) is 3.87. The standard InChI is InChI=1S/C10H15NO2/c1-5-6-7-9(2)11(3)10(12)8-13-4/h5-7H,1-2,8H2,3-4H3/b7-6-. The maximum atomic E-state index is 11.2. The SMILES string of the molecule is C=C/C=C\C(=C)N(C)C(=O)COC. The molecule has 13 heavy (non-hydrogen) atoms. The summed E-state index contributed by atoms with van der Waals surface area (Å²) in [6.45, 7) is 7.29. The minimum atomic E-state index is -0.124. The van der Waals surface area contributed by atoms with Crippen LogP contribution in [0.1, 0.15) is 0 Å². The molecule has 0 aliphatic carbocycles. The van der Waals surface area contributed by atoms with E-state index in [1.807, 2.05) is 0 Å². The Balaban J connectivity index is 4.16. The molecule has 72 valence electrons. The van der Waals surface area contributed by atoms with Crippen LogP contribution in [0.4, 0.5) is 0 Å². The summed E-state index contributed by atoms with van der Waals surface area (Å²) in [5.41, 5.74) is 0.613. The van der Waals surface area contributed by atoms with E-state index in [1.165, 1.54) is 12.0 Å². The lowest BCUT2D eigenvalue weighted by Gasteiger charge is -2.16. The summed E-state index contributed by atoms with van der Waals surface area (Å²) in [6.07, 6.45) is 5.05. The molecule has 0 aromatic rings. The largest absolute Gasteiger partial charge is 0.375 e. The van der Waals surface area contributed by atoms with Gasteiger partial charge in [-0.15, -0.1) is 0 Å². The summed E-state index contributed by atoms with van der Waals surface area (Å²) in [5, 5.41) is 0. The predicted molar refractivity (Wildman–Crippen MR) is 53.1 cm³/mol. The number of carbonyl (C=O) groups is 1. The number of amides is 1. The third kappa shape index (κ3) is 4.28. The second-order valence-corrected chi connectivity index (χ2v) is 2.47.